The Hall–Kier alpha value is -2.78. The first kappa shape index (κ1) is 20.5. The van der Waals surface area contributed by atoms with Gasteiger partial charge in [-0.3, -0.25) is 0 Å². The van der Waals surface area contributed by atoms with Gasteiger partial charge in [0, 0.05) is 17.5 Å². The van der Waals surface area contributed by atoms with Crippen LogP contribution in [-0.2, 0) is 12.8 Å². The first-order valence-corrected chi connectivity index (χ1v) is 9.06. The Kier molecular flexibility index (Phi) is 7.03. The lowest BCUT2D eigenvalue weighted by atomic mass is 9.93. The average Bonchev–Trinajstić information content (AvgIpc) is 2.63. The van der Waals surface area contributed by atoms with E-state index in [0.717, 1.165) is 22.3 Å². The van der Waals surface area contributed by atoms with E-state index in [4.69, 9.17) is 0 Å². The van der Waals surface area contributed by atoms with Crippen molar-refractivity contribution in [2.45, 2.75) is 39.7 Å². The van der Waals surface area contributed by atoms with Crippen molar-refractivity contribution in [3.63, 3.8) is 0 Å². The number of aromatic hydroxyl groups is 2. The van der Waals surface area contributed by atoms with Crippen molar-refractivity contribution < 1.29 is 15.3 Å². The molecule has 27 heavy (non-hydrogen) atoms. The zero-order chi connectivity index (χ0) is 20.0. The monoisotopic (exact) mass is 364 g/mol. The summed E-state index contributed by atoms with van der Waals surface area (Å²) in [5.41, 5.74) is 4.59. The topological polar surface area (TPSA) is 60.7 Å². The Morgan fingerprint density at radius 2 is 1.70 bits per heavy atom. The van der Waals surface area contributed by atoms with Crippen molar-refractivity contribution in [1.82, 2.24) is 0 Å². The molecule has 0 heterocycles. The van der Waals surface area contributed by atoms with Crippen molar-refractivity contribution in [2.75, 3.05) is 0 Å². The summed E-state index contributed by atoms with van der Waals surface area (Å²) in [5, 5.41) is 31.4. The molecule has 0 aliphatic carbocycles. The van der Waals surface area contributed by atoms with Crippen LogP contribution >= 0.6 is 0 Å². The molecule has 0 spiro atoms. The Morgan fingerprint density at radius 3 is 2.30 bits per heavy atom. The summed E-state index contributed by atoms with van der Waals surface area (Å²) in [4.78, 5) is 0. The van der Waals surface area contributed by atoms with Crippen molar-refractivity contribution in [3.8, 4) is 11.5 Å². The third-order valence-corrected chi connectivity index (χ3v) is 4.46. The predicted molar refractivity (Wildman–Crippen MR) is 113 cm³/mol. The van der Waals surface area contributed by atoms with E-state index in [1.165, 1.54) is 0 Å². The Morgan fingerprint density at radius 1 is 1.04 bits per heavy atom. The number of benzene rings is 2. The first-order valence-electron chi connectivity index (χ1n) is 9.06. The van der Waals surface area contributed by atoms with Crippen LogP contribution < -0.4 is 0 Å². The third kappa shape index (κ3) is 5.60. The highest BCUT2D eigenvalue weighted by Gasteiger charge is 2.19. The van der Waals surface area contributed by atoms with E-state index in [1.807, 2.05) is 62.4 Å². The Balaban J connectivity index is 2.50. The van der Waals surface area contributed by atoms with Gasteiger partial charge in [-0.2, -0.15) is 0 Å². The van der Waals surface area contributed by atoms with Crippen LogP contribution in [0.15, 0.2) is 60.2 Å². The second-order valence-electron chi connectivity index (χ2n) is 7.09. The van der Waals surface area contributed by atoms with Crippen molar-refractivity contribution >= 4 is 12.2 Å². The maximum Gasteiger partial charge on any atom is 0.126 e. The van der Waals surface area contributed by atoms with E-state index in [1.54, 1.807) is 13.0 Å². The third-order valence-electron chi connectivity index (χ3n) is 4.46. The summed E-state index contributed by atoms with van der Waals surface area (Å²) in [6.45, 7) is 9.47. The van der Waals surface area contributed by atoms with E-state index in [9.17, 15) is 15.3 Å². The molecule has 0 saturated carbocycles. The smallest absolute Gasteiger partial charge is 0.126 e. The van der Waals surface area contributed by atoms with E-state index < -0.39 is 6.10 Å². The maximum absolute atomic E-state index is 10.8. The normalized spacial score (nSPS) is 12.1. The van der Waals surface area contributed by atoms with Gasteiger partial charge in [-0.25, -0.2) is 0 Å². The van der Waals surface area contributed by atoms with Gasteiger partial charge in [0.25, 0.3) is 0 Å². The minimum Gasteiger partial charge on any atom is -0.508 e. The minimum atomic E-state index is -0.816. The van der Waals surface area contributed by atoms with Gasteiger partial charge in [0.05, 0.1) is 6.10 Å². The van der Waals surface area contributed by atoms with Crippen LogP contribution in [0, 0.1) is 0 Å². The van der Waals surface area contributed by atoms with Crippen molar-refractivity contribution in [3.05, 3.63) is 82.5 Å². The summed E-state index contributed by atoms with van der Waals surface area (Å²) in [5.74, 6) is 0.00183. The van der Waals surface area contributed by atoms with Gasteiger partial charge in [0.15, 0.2) is 0 Å². The Bertz CT molecular complexity index is 857. The van der Waals surface area contributed by atoms with Gasteiger partial charge in [0.1, 0.15) is 11.5 Å². The summed E-state index contributed by atoms with van der Waals surface area (Å²) in [7, 11) is 0. The number of phenols is 2. The maximum atomic E-state index is 10.8. The molecule has 3 nitrogen and oxygen atoms in total. The summed E-state index contributed by atoms with van der Waals surface area (Å²) >= 11 is 0. The van der Waals surface area contributed by atoms with Crippen LogP contribution in [-0.4, -0.2) is 21.4 Å². The quantitative estimate of drug-likeness (QED) is 0.464. The number of aliphatic hydroxyl groups excluding tert-OH is 1. The molecule has 0 fully saturated rings. The number of aliphatic hydroxyl groups is 1. The number of hydrogen-bond acceptors (Lipinski definition) is 3. The molecule has 142 valence electrons. The second-order valence-corrected chi connectivity index (χ2v) is 7.09. The fraction of sp³-hybridized carbons (Fsp3) is 0.250. The molecule has 0 bridgehead atoms. The lowest BCUT2D eigenvalue weighted by molar-refractivity contribution is 0.209. The van der Waals surface area contributed by atoms with E-state index in [2.05, 4.69) is 6.58 Å². The van der Waals surface area contributed by atoms with Crippen LogP contribution in [0.3, 0.4) is 0 Å². The van der Waals surface area contributed by atoms with E-state index in [-0.39, 0.29) is 17.9 Å². The van der Waals surface area contributed by atoms with Crippen LogP contribution in [0.25, 0.3) is 12.2 Å². The molecule has 0 radical (unpaired) electrons. The highest BCUT2D eigenvalue weighted by atomic mass is 16.3. The molecule has 2 aromatic rings. The molecule has 1 unspecified atom stereocenters. The second kappa shape index (κ2) is 9.24. The number of allylic oxidation sites excluding steroid dienone is 2. The highest BCUT2D eigenvalue weighted by molar-refractivity contribution is 5.74. The summed E-state index contributed by atoms with van der Waals surface area (Å²) < 4.78 is 0. The van der Waals surface area contributed by atoms with Gasteiger partial charge < -0.3 is 15.3 Å². The summed E-state index contributed by atoms with van der Waals surface area (Å²) in [6.07, 6.45) is 5.72. The fourth-order valence-corrected chi connectivity index (χ4v) is 2.75. The number of rotatable bonds is 7. The molecular weight excluding hydrogens is 336 g/mol. The van der Waals surface area contributed by atoms with Crippen molar-refractivity contribution in [1.29, 1.82) is 0 Å². The zero-order valence-corrected chi connectivity index (χ0v) is 16.2. The first-order chi connectivity index (χ1) is 12.8. The lowest BCUT2D eigenvalue weighted by Gasteiger charge is -2.17. The SMILES string of the molecule is C=C(C)C(O)Cc1c(O)cc(/C=C/c2ccccc2)c(CC=C(C)C)c1O. The van der Waals surface area contributed by atoms with Gasteiger partial charge in [0.2, 0.25) is 0 Å². The van der Waals surface area contributed by atoms with Crippen LogP contribution in [0.1, 0.15) is 43.0 Å². The van der Waals surface area contributed by atoms with E-state index >= 15 is 0 Å². The number of hydrogen-bond donors (Lipinski definition) is 3. The highest BCUT2D eigenvalue weighted by Crippen LogP contribution is 2.36. The molecule has 0 aromatic heterocycles. The zero-order valence-electron chi connectivity index (χ0n) is 16.2. The molecule has 3 heteroatoms. The molecule has 2 aromatic carbocycles. The van der Waals surface area contributed by atoms with Gasteiger partial charge in [-0.15, -0.1) is 0 Å². The number of phenolic OH excluding ortho intramolecular Hbond substituents is 2. The molecular formula is C24H28O3. The molecule has 0 aliphatic heterocycles. The molecule has 0 aliphatic rings. The summed E-state index contributed by atoms with van der Waals surface area (Å²) in [6, 6.07) is 11.5. The molecule has 2 rings (SSSR count). The molecule has 3 N–H and O–H groups in total. The lowest BCUT2D eigenvalue weighted by Crippen LogP contribution is -2.12. The average molecular weight is 364 g/mol. The standard InChI is InChI=1S/C24H28O3/c1-16(2)10-13-20-19(12-11-18-8-6-5-7-9-18)14-23(26)21(24(20)27)15-22(25)17(3)4/h5-12,14,22,25-27H,3,13,15H2,1-2,4H3/b12-11+. The Labute approximate surface area is 161 Å². The largest absolute Gasteiger partial charge is 0.508 e. The van der Waals surface area contributed by atoms with Crippen LogP contribution in [0.5, 0.6) is 11.5 Å². The van der Waals surface area contributed by atoms with Gasteiger partial charge in [-0.1, -0.05) is 66.3 Å². The fourth-order valence-electron chi connectivity index (χ4n) is 2.75. The van der Waals surface area contributed by atoms with Gasteiger partial charge >= 0.3 is 0 Å². The molecule has 0 saturated heterocycles. The molecule has 1 atom stereocenters. The van der Waals surface area contributed by atoms with E-state index in [0.29, 0.717) is 17.6 Å². The van der Waals surface area contributed by atoms with Crippen molar-refractivity contribution in [2.24, 2.45) is 0 Å². The van der Waals surface area contributed by atoms with Crippen LogP contribution in [0.4, 0.5) is 0 Å². The van der Waals surface area contributed by atoms with Crippen LogP contribution in [0.2, 0.25) is 0 Å². The molecule has 0 amide bonds. The predicted octanol–water partition coefficient (Wildman–Crippen LogP) is 5.26. The minimum absolute atomic E-state index is 0.0264. The van der Waals surface area contributed by atoms with Gasteiger partial charge in [-0.05, 0) is 44.4 Å².